The van der Waals surface area contributed by atoms with Crippen molar-refractivity contribution in [1.82, 2.24) is 0 Å². The molecule has 1 amide bonds. The topological polar surface area (TPSA) is 84.9 Å². The molecule has 0 heterocycles. The second-order valence-corrected chi connectivity index (χ2v) is 6.36. The van der Waals surface area contributed by atoms with Crippen molar-refractivity contribution >= 4 is 17.7 Å². The number of nitrogens with one attached hydrogen (secondary N) is 1. The van der Waals surface area contributed by atoms with E-state index in [-0.39, 0.29) is 24.8 Å². The molecule has 0 aromatic heterocycles. The lowest BCUT2D eigenvalue weighted by Crippen LogP contribution is -2.29. The number of aliphatic carboxylic acids is 1. The van der Waals surface area contributed by atoms with Crippen LogP contribution >= 0.6 is 0 Å². The molecule has 2 rings (SSSR count). The average molecular weight is 393 g/mol. The van der Waals surface area contributed by atoms with Gasteiger partial charge in [0.25, 0.3) is 0 Å². The van der Waals surface area contributed by atoms with E-state index in [1.807, 2.05) is 0 Å². The Morgan fingerprint density at radius 1 is 1.07 bits per heavy atom. The summed E-state index contributed by atoms with van der Waals surface area (Å²) in [7, 11) is 0. The van der Waals surface area contributed by atoms with Crippen LogP contribution in [0.2, 0.25) is 0 Å². The number of hydrogen-bond acceptors (Lipinski definition) is 4. The van der Waals surface area contributed by atoms with Crippen LogP contribution in [0, 0.1) is 11.6 Å². The van der Waals surface area contributed by atoms with Crippen molar-refractivity contribution in [2.24, 2.45) is 0 Å². The third-order valence-electron chi connectivity index (χ3n) is 3.69. The fraction of sp³-hybridized carbons (Fsp3) is 0.300. The molecule has 0 bridgehead atoms. The zero-order valence-corrected chi connectivity index (χ0v) is 15.4. The largest absolute Gasteiger partial charge is 0.479 e. The van der Waals surface area contributed by atoms with Crippen LogP contribution in [-0.2, 0) is 27.3 Å². The highest BCUT2D eigenvalue weighted by Crippen LogP contribution is 2.16. The summed E-state index contributed by atoms with van der Waals surface area (Å²) in [5, 5.41) is 11.4. The zero-order valence-electron chi connectivity index (χ0n) is 15.4. The maximum atomic E-state index is 13.5. The van der Waals surface area contributed by atoms with Gasteiger partial charge in [0.2, 0.25) is 0 Å². The smallest absolute Gasteiger partial charge is 0.412 e. The van der Waals surface area contributed by atoms with Crippen molar-refractivity contribution < 1.29 is 33.0 Å². The highest BCUT2D eigenvalue weighted by Gasteiger charge is 2.20. The maximum absolute atomic E-state index is 13.5. The Kier molecular flexibility index (Phi) is 7.45. The standard InChI is InChI=1S/C20H21F2NO5/c1-12(2)28-18(19(24)25)9-13-3-5-14(6-4-13)11-27-20(26)23-17-8-7-15(21)10-16(17)22/h3-8,10,12,18H,9,11H2,1-2H3,(H,23,26)(H,24,25). The van der Waals surface area contributed by atoms with E-state index in [0.29, 0.717) is 11.6 Å². The Labute approximate surface area is 161 Å². The molecule has 1 unspecified atom stereocenters. The van der Waals surface area contributed by atoms with Gasteiger partial charge >= 0.3 is 12.1 Å². The van der Waals surface area contributed by atoms with Crippen LogP contribution in [0.5, 0.6) is 0 Å². The third-order valence-corrected chi connectivity index (χ3v) is 3.69. The number of halogens is 2. The number of carboxylic acid groups (broad SMARTS) is 1. The van der Waals surface area contributed by atoms with E-state index in [2.05, 4.69) is 5.32 Å². The minimum atomic E-state index is -1.04. The first kappa shape index (κ1) is 21.3. The second-order valence-electron chi connectivity index (χ2n) is 6.36. The normalized spacial score (nSPS) is 11.9. The molecule has 6 nitrogen and oxygen atoms in total. The SMILES string of the molecule is CC(C)OC(Cc1ccc(COC(=O)Nc2ccc(F)cc2F)cc1)C(=O)O. The number of carbonyl (C=O) groups is 2. The number of carboxylic acids is 1. The highest BCUT2D eigenvalue weighted by molar-refractivity contribution is 5.84. The predicted octanol–water partition coefficient (Wildman–Crippen LogP) is 4.13. The number of anilines is 1. The van der Waals surface area contributed by atoms with Gasteiger partial charge in [0.15, 0.2) is 6.10 Å². The molecule has 2 N–H and O–H groups in total. The van der Waals surface area contributed by atoms with Crippen molar-refractivity contribution in [3.8, 4) is 0 Å². The van der Waals surface area contributed by atoms with E-state index in [9.17, 15) is 23.5 Å². The van der Waals surface area contributed by atoms with Gasteiger partial charge in [-0.05, 0) is 37.1 Å². The molecule has 8 heteroatoms. The number of hydrogen-bond donors (Lipinski definition) is 2. The van der Waals surface area contributed by atoms with Crippen LogP contribution in [0.3, 0.4) is 0 Å². The van der Waals surface area contributed by atoms with E-state index >= 15 is 0 Å². The number of ether oxygens (including phenoxy) is 2. The lowest BCUT2D eigenvalue weighted by molar-refractivity contribution is -0.153. The molecule has 0 spiro atoms. The van der Waals surface area contributed by atoms with Crippen LogP contribution < -0.4 is 5.32 Å². The lowest BCUT2D eigenvalue weighted by atomic mass is 10.1. The molecule has 0 aliphatic carbocycles. The average Bonchev–Trinajstić information content (AvgIpc) is 2.62. The quantitative estimate of drug-likeness (QED) is 0.704. The van der Waals surface area contributed by atoms with Gasteiger partial charge in [-0.15, -0.1) is 0 Å². The summed E-state index contributed by atoms with van der Waals surface area (Å²) >= 11 is 0. The molecule has 0 aliphatic rings. The summed E-state index contributed by atoms with van der Waals surface area (Å²) in [6.07, 6.45) is -1.83. The van der Waals surface area contributed by atoms with Crippen LogP contribution in [0.4, 0.5) is 19.3 Å². The Bertz CT molecular complexity index is 824. The minimum absolute atomic E-state index is 0.0697. The van der Waals surface area contributed by atoms with Crippen LogP contribution in [0.15, 0.2) is 42.5 Å². The number of rotatable bonds is 8. The maximum Gasteiger partial charge on any atom is 0.412 e. The molecule has 2 aromatic carbocycles. The molecule has 0 saturated carbocycles. The molecule has 28 heavy (non-hydrogen) atoms. The fourth-order valence-electron chi connectivity index (χ4n) is 2.39. The third kappa shape index (κ3) is 6.62. The summed E-state index contributed by atoms with van der Waals surface area (Å²) in [5.41, 5.74) is 1.23. The summed E-state index contributed by atoms with van der Waals surface area (Å²) < 4.78 is 36.7. The van der Waals surface area contributed by atoms with Crippen molar-refractivity contribution in [3.63, 3.8) is 0 Å². The summed E-state index contributed by atoms with van der Waals surface area (Å²) in [6.45, 7) is 3.46. The van der Waals surface area contributed by atoms with Crippen molar-refractivity contribution in [3.05, 3.63) is 65.2 Å². The first-order chi connectivity index (χ1) is 13.2. The van der Waals surface area contributed by atoms with Crippen molar-refractivity contribution in [2.75, 3.05) is 5.32 Å². The highest BCUT2D eigenvalue weighted by atomic mass is 19.1. The molecule has 0 aliphatic heterocycles. The molecule has 0 saturated heterocycles. The number of carbonyl (C=O) groups excluding carboxylic acids is 1. The summed E-state index contributed by atoms with van der Waals surface area (Å²) in [5.74, 6) is -2.69. The van der Waals surface area contributed by atoms with E-state index < -0.39 is 29.8 Å². The molecule has 1 atom stereocenters. The minimum Gasteiger partial charge on any atom is -0.479 e. The van der Waals surface area contributed by atoms with Crippen LogP contribution in [-0.4, -0.2) is 29.4 Å². The van der Waals surface area contributed by atoms with E-state index in [0.717, 1.165) is 17.7 Å². The predicted molar refractivity (Wildman–Crippen MR) is 98.0 cm³/mol. The Balaban J connectivity index is 1.88. The monoisotopic (exact) mass is 393 g/mol. The van der Waals surface area contributed by atoms with Gasteiger partial charge in [0, 0.05) is 12.5 Å². The molecule has 0 radical (unpaired) electrons. The summed E-state index contributed by atoms with van der Waals surface area (Å²) in [4.78, 5) is 23.0. The van der Waals surface area contributed by atoms with Crippen LogP contribution in [0.25, 0.3) is 0 Å². The molecular weight excluding hydrogens is 372 g/mol. The Morgan fingerprint density at radius 3 is 2.29 bits per heavy atom. The molecule has 2 aromatic rings. The van der Waals surface area contributed by atoms with Crippen molar-refractivity contribution in [2.45, 2.75) is 39.1 Å². The number of amides is 1. The lowest BCUT2D eigenvalue weighted by Gasteiger charge is -2.16. The fourth-order valence-corrected chi connectivity index (χ4v) is 2.39. The molecule has 150 valence electrons. The molecule has 0 fully saturated rings. The van der Waals surface area contributed by atoms with E-state index in [4.69, 9.17) is 9.47 Å². The van der Waals surface area contributed by atoms with E-state index in [1.165, 1.54) is 0 Å². The van der Waals surface area contributed by atoms with Gasteiger partial charge in [-0.2, -0.15) is 0 Å². The van der Waals surface area contributed by atoms with Gasteiger partial charge in [-0.3, -0.25) is 5.32 Å². The van der Waals surface area contributed by atoms with Gasteiger partial charge in [0.1, 0.15) is 18.2 Å². The van der Waals surface area contributed by atoms with Gasteiger partial charge in [-0.1, -0.05) is 24.3 Å². The zero-order chi connectivity index (χ0) is 20.7. The Morgan fingerprint density at radius 2 is 1.71 bits per heavy atom. The van der Waals surface area contributed by atoms with Crippen LogP contribution in [0.1, 0.15) is 25.0 Å². The Hall–Kier alpha value is -3.00. The van der Waals surface area contributed by atoms with Gasteiger partial charge < -0.3 is 14.6 Å². The van der Waals surface area contributed by atoms with Gasteiger partial charge in [-0.25, -0.2) is 18.4 Å². The first-order valence-corrected chi connectivity index (χ1v) is 8.59. The number of benzene rings is 2. The van der Waals surface area contributed by atoms with Crippen molar-refractivity contribution in [1.29, 1.82) is 0 Å². The van der Waals surface area contributed by atoms with E-state index in [1.54, 1.807) is 38.1 Å². The first-order valence-electron chi connectivity index (χ1n) is 8.59. The molecular formula is C20H21F2NO5. The van der Waals surface area contributed by atoms with Gasteiger partial charge in [0.05, 0.1) is 11.8 Å². The summed E-state index contributed by atoms with van der Waals surface area (Å²) in [6, 6.07) is 9.59. The second kappa shape index (κ2) is 9.80.